The van der Waals surface area contributed by atoms with Gasteiger partial charge in [0.15, 0.2) is 18.1 Å². The van der Waals surface area contributed by atoms with Crippen molar-refractivity contribution in [3.05, 3.63) is 59.9 Å². The zero-order chi connectivity index (χ0) is 20.6. The zero-order valence-electron chi connectivity index (χ0n) is 16.8. The first-order chi connectivity index (χ1) is 13.7. The molecule has 29 heavy (non-hydrogen) atoms. The van der Waals surface area contributed by atoms with Crippen molar-refractivity contribution < 1.29 is 23.8 Å². The Hall–Kier alpha value is -2.99. The van der Waals surface area contributed by atoms with E-state index in [2.05, 4.69) is 5.32 Å². The third-order valence-electron chi connectivity index (χ3n) is 5.00. The molecule has 6 heteroatoms. The van der Waals surface area contributed by atoms with E-state index in [4.69, 9.17) is 13.9 Å². The lowest BCUT2D eigenvalue weighted by Crippen LogP contribution is -2.40. The van der Waals surface area contributed by atoms with E-state index in [1.807, 2.05) is 50.2 Å². The van der Waals surface area contributed by atoms with Crippen LogP contribution in [0.1, 0.15) is 32.1 Å². The van der Waals surface area contributed by atoms with E-state index in [0.29, 0.717) is 22.8 Å². The molecule has 0 radical (unpaired) electrons. The number of aliphatic hydroxyl groups is 1. The van der Waals surface area contributed by atoms with Crippen molar-refractivity contribution in [1.82, 2.24) is 5.32 Å². The van der Waals surface area contributed by atoms with Crippen molar-refractivity contribution in [3.8, 4) is 11.5 Å². The molecule has 0 saturated carbocycles. The minimum atomic E-state index is -1.34. The SMILES string of the molecule is CC1(C)Cc2cccc(OCC(=O)NC[C@](C)(O)c3cc4ccccc4o3)c2O1. The Morgan fingerprint density at radius 3 is 2.83 bits per heavy atom. The van der Waals surface area contributed by atoms with Crippen molar-refractivity contribution in [2.75, 3.05) is 13.2 Å². The van der Waals surface area contributed by atoms with Crippen molar-refractivity contribution in [2.45, 2.75) is 38.4 Å². The number of ether oxygens (including phenoxy) is 2. The molecule has 0 fully saturated rings. The summed E-state index contributed by atoms with van der Waals surface area (Å²) in [7, 11) is 0. The first kappa shape index (κ1) is 19.3. The average molecular weight is 395 g/mol. The second-order valence-electron chi connectivity index (χ2n) is 8.27. The Labute approximate surface area is 169 Å². The van der Waals surface area contributed by atoms with Crippen LogP contribution in [0, 0.1) is 0 Å². The van der Waals surface area contributed by atoms with Gasteiger partial charge < -0.3 is 24.3 Å². The zero-order valence-corrected chi connectivity index (χ0v) is 16.8. The average Bonchev–Trinajstić information content (AvgIpc) is 3.24. The predicted molar refractivity (Wildman–Crippen MR) is 109 cm³/mol. The van der Waals surface area contributed by atoms with Crippen LogP contribution in [0.25, 0.3) is 11.0 Å². The highest BCUT2D eigenvalue weighted by Crippen LogP contribution is 2.41. The molecule has 2 heterocycles. The van der Waals surface area contributed by atoms with E-state index >= 15 is 0 Å². The number of furan rings is 1. The van der Waals surface area contributed by atoms with Gasteiger partial charge in [-0.15, -0.1) is 0 Å². The van der Waals surface area contributed by atoms with Gasteiger partial charge in [-0.2, -0.15) is 0 Å². The fourth-order valence-corrected chi connectivity index (χ4v) is 3.50. The van der Waals surface area contributed by atoms with Crippen molar-refractivity contribution in [1.29, 1.82) is 0 Å². The standard InChI is InChI=1S/C23H25NO5/c1-22(2)12-16-8-6-10-18(21(16)29-22)27-13-20(25)24-14-23(3,26)19-11-15-7-4-5-9-17(15)28-19/h4-11,26H,12-14H2,1-3H3,(H,24,25)/t23-/m0/s1. The van der Waals surface area contributed by atoms with E-state index in [9.17, 15) is 9.90 Å². The Morgan fingerprint density at radius 2 is 2.03 bits per heavy atom. The van der Waals surface area contributed by atoms with Gasteiger partial charge in [0.25, 0.3) is 5.91 Å². The molecule has 1 amide bonds. The maximum Gasteiger partial charge on any atom is 0.258 e. The normalized spacial score (nSPS) is 16.7. The number of carbonyl (C=O) groups is 1. The van der Waals surface area contributed by atoms with Gasteiger partial charge in [0.2, 0.25) is 0 Å². The quantitative estimate of drug-likeness (QED) is 0.667. The maximum absolute atomic E-state index is 12.3. The number of para-hydroxylation sites is 2. The number of hydrogen-bond donors (Lipinski definition) is 2. The number of nitrogens with one attached hydrogen (secondary N) is 1. The third-order valence-corrected chi connectivity index (χ3v) is 5.00. The molecule has 152 valence electrons. The number of rotatable bonds is 6. The van der Waals surface area contributed by atoms with Crippen LogP contribution >= 0.6 is 0 Å². The Morgan fingerprint density at radius 1 is 1.24 bits per heavy atom. The molecule has 3 aromatic rings. The molecule has 0 unspecified atom stereocenters. The van der Waals surface area contributed by atoms with E-state index < -0.39 is 5.60 Å². The highest BCUT2D eigenvalue weighted by molar-refractivity contribution is 5.79. The Bertz CT molecular complexity index is 1020. The van der Waals surface area contributed by atoms with Crippen LogP contribution in [0.5, 0.6) is 11.5 Å². The summed E-state index contributed by atoms with van der Waals surface area (Å²) in [4.78, 5) is 12.3. The molecule has 1 aliphatic heterocycles. The highest BCUT2D eigenvalue weighted by Gasteiger charge is 2.32. The Kier molecular flexibility index (Phi) is 4.74. The molecule has 1 atom stereocenters. The van der Waals surface area contributed by atoms with Gasteiger partial charge >= 0.3 is 0 Å². The maximum atomic E-state index is 12.3. The number of benzene rings is 2. The summed E-state index contributed by atoms with van der Waals surface area (Å²) in [6.45, 7) is 5.47. The molecule has 1 aliphatic rings. The van der Waals surface area contributed by atoms with Gasteiger partial charge in [-0.1, -0.05) is 30.3 Å². The first-order valence-electron chi connectivity index (χ1n) is 9.65. The fraction of sp³-hybridized carbons (Fsp3) is 0.348. The lowest BCUT2D eigenvalue weighted by Gasteiger charge is -2.21. The smallest absolute Gasteiger partial charge is 0.258 e. The van der Waals surface area contributed by atoms with Crippen LogP contribution in [0.15, 0.2) is 52.9 Å². The summed E-state index contributed by atoms with van der Waals surface area (Å²) in [6, 6.07) is 15.0. The highest BCUT2D eigenvalue weighted by atomic mass is 16.5. The molecule has 6 nitrogen and oxygen atoms in total. The topological polar surface area (TPSA) is 80.9 Å². The van der Waals surface area contributed by atoms with Crippen LogP contribution in [-0.2, 0) is 16.8 Å². The minimum absolute atomic E-state index is 0.00540. The lowest BCUT2D eigenvalue weighted by atomic mass is 10.0. The summed E-state index contributed by atoms with van der Waals surface area (Å²) in [6.07, 6.45) is 0.798. The van der Waals surface area contributed by atoms with E-state index in [0.717, 1.165) is 17.4 Å². The molecular weight excluding hydrogens is 370 g/mol. The van der Waals surface area contributed by atoms with Crippen LogP contribution in [-0.4, -0.2) is 29.8 Å². The van der Waals surface area contributed by atoms with Crippen LogP contribution in [0.4, 0.5) is 0 Å². The summed E-state index contributed by atoms with van der Waals surface area (Å²) >= 11 is 0. The van der Waals surface area contributed by atoms with Gasteiger partial charge in [0.05, 0.1) is 6.54 Å². The minimum Gasteiger partial charge on any atom is -0.483 e. The first-order valence-corrected chi connectivity index (χ1v) is 9.65. The number of amides is 1. The monoisotopic (exact) mass is 395 g/mol. The van der Waals surface area contributed by atoms with Crippen LogP contribution in [0.2, 0.25) is 0 Å². The van der Waals surface area contributed by atoms with Crippen molar-refractivity contribution in [3.63, 3.8) is 0 Å². The molecule has 4 rings (SSSR count). The van der Waals surface area contributed by atoms with Crippen molar-refractivity contribution in [2.24, 2.45) is 0 Å². The summed E-state index contributed by atoms with van der Waals surface area (Å²) in [5.74, 6) is 1.31. The van der Waals surface area contributed by atoms with E-state index in [1.165, 1.54) is 0 Å². The summed E-state index contributed by atoms with van der Waals surface area (Å²) in [5.41, 5.74) is 0.143. The van der Waals surface area contributed by atoms with Gasteiger partial charge in [0.1, 0.15) is 22.5 Å². The van der Waals surface area contributed by atoms with Gasteiger partial charge in [-0.05, 0) is 39.0 Å². The number of carbonyl (C=O) groups excluding carboxylic acids is 1. The molecule has 0 bridgehead atoms. The number of hydrogen-bond acceptors (Lipinski definition) is 5. The molecule has 0 spiro atoms. The summed E-state index contributed by atoms with van der Waals surface area (Å²) in [5, 5.41) is 14.3. The van der Waals surface area contributed by atoms with Gasteiger partial charge in [-0.25, -0.2) is 0 Å². The van der Waals surface area contributed by atoms with Gasteiger partial charge in [-0.3, -0.25) is 4.79 Å². The van der Waals surface area contributed by atoms with E-state index in [-0.39, 0.29) is 24.7 Å². The molecule has 2 N–H and O–H groups in total. The second-order valence-corrected chi connectivity index (χ2v) is 8.27. The second kappa shape index (κ2) is 7.12. The molecule has 2 aromatic carbocycles. The van der Waals surface area contributed by atoms with Crippen LogP contribution in [0.3, 0.4) is 0 Å². The number of fused-ring (bicyclic) bond motifs is 2. The Balaban J connectivity index is 1.35. The van der Waals surface area contributed by atoms with Gasteiger partial charge in [0, 0.05) is 17.4 Å². The third kappa shape index (κ3) is 4.07. The molecule has 0 saturated heterocycles. The molecule has 0 aliphatic carbocycles. The lowest BCUT2D eigenvalue weighted by molar-refractivity contribution is -0.124. The fourth-order valence-electron chi connectivity index (χ4n) is 3.50. The molecule has 1 aromatic heterocycles. The van der Waals surface area contributed by atoms with E-state index in [1.54, 1.807) is 19.1 Å². The summed E-state index contributed by atoms with van der Waals surface area (Å²) < 4.78 is 17.3. The predicted octanol–water partition coefficient (Wildman–Crippen LogP) is 3.55. The largest absolute Gasteiger partial charge is 0.483 e. The van der Waals surface area contributed by atoms with Crippen molar-refractivity contribution >= 4 is 16.9 Å². The van der Waals surface area contributed by atoms with Crippen LogP contribution < -0.4 is 14.8 Å². The molecular formula is C23H25NO5.